The molecule has 3 N–H and O–H groups in total. The zero-order chi connectivity index (χ0) is 13.2. The van der Waals surface area contributed by atoms with E-state index in [0.717, 1.165) is 11.3 Å². The summed E-state index contributed by atoms with van der Waals surface area (Å²) < 4.78 is 7.10. The zero-order valence-electron chi connectivity index (χ0n) is 10.3. The van der Waals surface area contributed by atoms with E-state index >= 15 is 0 Å². The first-order valence-corrected chi connectivity index (χ1v) is 8.19. The minimum absolute atomic E-state index is 0.0162. The fourth-order valence-electron chi connectivity index (χ4n) is 2.01. The normalized spacial score (nSPS) is 16.3. The van der Waals surface area contributed by atoms with Crippen LogP contribution in [0.25, 0.3) is 0 Å². The number of benzene rings is 1. The van der Waals surface area contributed by atoms with Crippen molar-refractivity contribution in [1.29, 1.82) is 0 Å². The molecule has 1 fully saturated rings. The van der Waals surface area contributed by atoms with Crippen LogP contribution in [0.3, 0.4) is 0 Å². The first-order chi connectivity index (χ1) is 9.26. The number of hydrogen-bond donors (Lipinski definition) is 2. The Morgan fingerprint density at radius 3 is 2.79 bits per heavy atom. The Balaban J connectivity index is 1.85. The third kappa shape index (κ3) is 3.28. The van der Waals surface area contributed by atoms with Gasteiger partial charge in [-0.1, -0.05) is 12.1 Å². The first-order valence-electron chi connectivity index (χ1n) is 6.23. The molecular formula is C14H15IN2OS. The van der Waals surface area contributed by atoms with Crippen LogP contribution in [0.4, 0.5) is 0 Å². The molecule has 19 heavy (non-hydrogen) atoms. The highest BCUT2D eigenvalue weighted by Crippen LogP contribution is 2.31. The van der Waals surface area contributed by atoms with Crippen molar-refractivity contribution in [1.82, 2.24) is 5.43 Å². The summed E-state index contributed by atoms with van der Waals surface area (Å²) in [6.45, 7) is 0. The predicted molar refractivity (Wildman–Crippen MR) is 86.3 cm³/mol. The molecule has 1 heterocycles. The van der Waals surface area contributed by atoms with Gasteiger partial charge in [0.25, 0.3) is 0 Å². The highest BCUT2D eigenvalue weighted by atomic mass is 127. The molecule has 1 atom stereocenters. The number of nitrogens with one attached hydrogen (secondary N) is 1. The van der Waals surface area contributed by atoms with Gasteiger partial charge in [0.15, 0.2) is 0 Å². The van der Waals surface area contributed by atoms with Gasteiger partial charge < -0.3 is 4.74 Å². The van der Waals surface area contributed by atoms with E-state index in [4.69, 9.17) is 10.6 Å². The van der Waals surface area contributed by atoms with Crippen LogP contribution in [-0.4, -0.2) is 6.10 Å². The summed E-state index contributed by atoms with van der Waals surface area (Å²) in [6.07, 6.45) is 2.76. The van der Waals surface area contributed by atoms with Crippen LogP contribution in [0.5, 0.6) is 5.75 Å². The van der Waals surface area contributed by atoms with E-state index in [9.17, 15) is 0 Å². The predicted octanol–water partition coefficient (Wildman–Crippen LogP) is 3.45. The molecule has 2 aromatic rings. The standard InChI is InChI=1S/C14H15IN2OS/c15-13-7-10(8-19-13)14(17-16)9-2-1-3-12(6-9)18-11-4-5-11/h1-3,6-8,11,14,17H,4-5,16H2. The third-order valence-corrected chi connectivity index (χ3v) is 4.91. The molecule has 1 aromatic carbocycles. The fraction of sp³-hybridized carbons (Fsp3) is 0.286. The van der Waals surface area contributed by atoms with Crippen molar-refractivity contribution in [3.8, 4) is 5.75 Å². The molecule has 1 aromatic heterocycles. The second-order valence-corrected chi connectivity index (χ2v) is 7.48. The topological polar surface area (TPSA) is 47.3 Å². The van der Waals surface area contributed by atoms with Crippen LogP contribution >= 0.6 is 33.9 Å². The van der Waals surface area contributed by atoms with Gasteiger partial charge in [0.2, 0.25) is 0 Å². The van der Waals surface area contributed by atoms with Crippen molar-refractivity contribution in [2.45, 2.75) is 25.0 Å². The van der Waals surface area contributed by atoms with Crippen LogP contribution in [0.1, 0.15) is 30.0 Å². The number of nitrogens with two attached hydrogens (primary N) is 1. The van der Waals surface area contributed by atoms with Crippen molar-refractivity contribution < 1.29 is 4.74 Å². The van der Waals surface area contributed by atoms with Crippen molar-refractivity contribution in [2.24, 2.45) is 5.84 Å². The van der Waals surface area contributed by atoms with Crippen molar-refractivity contribution in [2.75, 3.05) is 0 Å². The highest BCUT2D eigenvalue weighted by Gasteiger charge is 2.24. The lowest BCUT2D eigenvalue weighted by Crippen LogP contribution is -2.28. The lowest BCUT2D eigenvalue weighted by Gasteiger charge is -2.16. The van der Waals surface area contributed by atoms with E-state index in [1.54, 1.807) is 11.3 Å². The van der Waals surface area contributed by atoms with Gasteiger partial charge in [0, 0.05) is 0 Å². The Bertz CT molecular complexity index is 568. The lowest BCUT2D eigenvalue weighted by atomic mass is 10.0. The van der Waals surface area contributed by atoms with Crippen LogP contribution in [0, 0.1) is 2.88 Å². The number of hydrazine groups is 1. The fourth-order valence-corrected chi connectivity index (χ4v) is 3.40. The molecule has 0 saturated heterocycles. The summed E-state index contributed by atoms with van der Waals surface area (Å²) in [5.41, 5.74) is 5.22. The molecule has 1 saturated carbocycles. The van der Waals surface area contributed by atoms with Gasteiger partial charge in [-0.05, 0) is 70.1 Å². The van der Waals surface area contributed by atoms with E-state index in [1.807, 2.05) is 12.1 Å². The Morgan fingerprint density at radius 2 is 2.16 bits per heavy atom. The molecule has 3 rings (SSSR count). The summed E-state index contributed by atoms with van der Waals surface area (Å²) in [4.78, 5) is 0. The quantitative estimate of drug-likeness (QED) is 0.470. The number of ether oxygens (including phenoxy) is 1. The second kappa shape index (κ2) is 5.78. The average molecular weight is 386 g/mol. The van der Waals surface area contributed by atoms with Crippen molar-refractivity contribution in [3.05, 3.63) is 49.7 Å². The molecular weight excluding hydrogens is 371 g/mol. The number of hydrogen-bond acceptors (Lipinski definition) is 4. The molecule has 1 aliphatic carbocycles. The van der Waals surface area contributed by atoms with Gasteiger partial charge in [-0.15, -0.1) is 11.3 Å². The van der Waals surface area contributed by atoms with Gasteiger partial charge in [-0.3, -0.25) is 5.84 Å². The first kappa shape index (κ1) is 13.4. The van der Waals surface area contributed by atoms with Crippen LogP contribution in [0.2, 0.25) is 0 Å². The van der Waals surface area contributed by atoms with Crippen molar-refractivity contribution in [3.63, 3.8) is 0 Å². The minimum Gasteiger partial charge on any atom is -0.490 e. The van der Waals surface area contributed by atoms with Crippen molar-refractivity contribution >= 4 is 33.9 Å². The Kier molecular flexibility index (Phi) is 4.07. The van der Waals surface area contributed by atoms with E-state index in [1.165, 1.54) is 21.3 Å². The molecule has 3 nitrogen and oxygen atoms in total. The van der Waals surface area contributed by atoms with E-state index in [2.05, 4.69) is 51.6 Å². The summed E-state index contributed by atoms with van der Waals surface area (Å²) in [7, 11) is 0. The molecule has 0 amide bonds. The minimum atomic E-state index is 0.0162. The monoisotopic (exact) mass is 386 g/mol. The summed E-state index contributed by atoms with van der Waals surface area (Å²) >= 11 is 4.05. The molecule has 100 valence electrons. The van der Waals surface area contributed by atoms with Gasteiger partial charge in [-0.2, -0.15) is 0 Å². The van der Waals surface area contributed by atoms with Gasteiger partial charge in [0.05, 0.1) is 15.0 Å². The van der Waals surface area contributed by atoms with Crippen LogP contribution in [0.15, 0.2) is 35.7 Å². The summed E-state index contributed by atoms with van der Waals surface area (Å²) in [5.74, 6) is 6.66. The van der Waals surface area contributed by atoms with E-state index in [-0.39, 0.29) is 6.04 Å². The smallest absolute Gasteiger partial charge is 0.120 e. The number of rotatable bonds is 5. The average Bonchev–Trinajstić information content (AvgIpc) is 3.12. The van der Waals surface area contributed by atoms with E-state index in [0.29, 0.717) is 6.10 Å². The van der Waals surface area contributed by atoms with Gasteiger partial charge >= 0.3 is 0 Å². The number of thiophene rings is 1. The third-order valence-electron chi connectivity index (χ3n) is 3.11. The molecule has 0 radical (unpaired) electrons. The van der Waals surface area contributed by atoms with E-state index < -0.39 is 0 Å². The Labute approximate surface area is 130 Å². The Morgan fingerprint density at radius 1 is 1.32 bits per heavy atom. The summed E-state index contributed by atoms with van der Waals surface area (Å²) in [5, 5.41) is 2.14. The molecule has 1 aliphatic rings. The maximum atomic E-state index is 5.83. The SMILES string of the molecule is NNC(c1cccc(OC2CC2)c1)c1csc(I)c1. The summed E-state index contributed by atoms with van der Waals surface area (Å²) in [6, 6.07) is 10.4. The maximum Gasteiger partial charge on any atom is 0.120 e. The van der Waals surface area contributed by atoms with Gasteiger partial charge in [0.1, 0.15) is 5.75 Å². The molecule has 0 bridgehead atoms. The highest BCUT2D eigenvalue weighted by molar-refractivity contribution is 14.1. The molecule has 0 spiro atoms. The Hall–Kier alpha value is -0.630. The lowest BCUT2D eigenvalue weighted by molar-refractivity contribution is 0.302. The molecule has 1 unspecified atom stereocenters. The number of halogens is 1. The maximum absolute atomic E-state index is 5.83. The second-order valence-electron chi connectivity index (χ2n) is 4.67. The molecule has 5 heteroatoms. The largest absolute Gasteiger partial charge is 0.490 e. The van der Waals surface area contributed by atoms with Crippen LogP contribution in [-0.2, 0) is 0 Å². The van der Waals surface area contributed by atoms with Gasteiger partial charge in [-0.25, -0.2) is 5.43 Å². The zero-order valence-corrected chi connectivity index (χ0v) is 13.3. The van der Waals surface area contributed by atoms with Crippen LogP contribution < -0.4 is 16.0 Å². The molecule has 0 aliphatic heterocycles.